The second-order valence-electron chi connectivity index (χ2n) is 8.40. The number of aliphatic hydroxyl groups is 1. The molecule has 0 aliphatic carbocycles. The number of hydrogen-bond donors (Lipinski definition) is 1. The second-order valence-corrected chi connectivity index (χ2v) is 8.83. The van der Waals surface area contributed by atoms with E-state index in [1.54, 1.807) is 41.3 Å². The van der Waals surface area contributed by atoms with Gasteiger partial charge in [-0.3, -0.25) is 9.59 Å². The zero-order valence-electron chi connectivity index (χ0n) is 20.3. The van der Waals surface area contributed by atoms with E-state index in [2.05, 4.69) is 18.7 Å². The summed E-state index contributed by atoms with van der Waals surface area (Å²) < 4.78 is 5.68. The van der Waals surface area contributed by atoms with Gasteiger partial charge in [0.15, 0.2) is 0 Å². The summed E-state index contributed by atoms with van der Waals surface area (Å²) in [4.78, 5) is 30.1. The Hall–Kier alpha value is -2.83. The van der Waals surface area contributed by atoms with Crippen LogP contribution in [0.15, 0.2) is 48.0 Å². The third-order valence-corrected chi connectivity index (χ3v) is 6.46. The number of carbonyl (C=O) groups excluding carboxylic acids is 2. The summed E-state index contributed by atoms with van der Waals surface area (Å²) >= 11 is 6.09. The van der Waals surface area contributed by atoms with Crippen molar-refractivity contribution in [2.24, 2.45) is 0 Å². The highest BCUT2D eigenvalue weighted by Gasteiger charge is 2.46. The molecule has 6 nitrogen and oxygen atoms in total. The van der Waals surface area contributed by atoms with E-state index in [4.69, 9.17) is 16.3 Å². The maximum atomic E-state index is 13.2. The Morgan fingerprint density at radius 3 is 2.35 bits per heavy atom. The Morgan fingerprint density at radius 1 is 1.09 bits per heavy atom. The third kappa shape index (κ3) is 5.45. The summed E-state index contributed by atoms with van der Waals surface area (Å²) in [5, 5.41) is 11.9. The molecule has 0 bridgehead atoms. The van der Waals surface area contributed by atoms with Crippen molar-refractivity contribution in [2.45, 2.75) is 40.2 Å². The lowest BCUT2D eigenvalue weighted by molar-refractivity contribution is -0.140. The molecule has 1 saturated heterocycles. The zero-order valence-corrected chi connectivity index (χ0v) is 21.1. The van der Waals surface area contributed by atoms with E-state index in [-0.39, 0.29) is 11.3 Å². The lowest BCUT2D eigenvalue weighted by atomic mass is 9.94. The largest absolute Gasteiger partial charge is 0.507 e. The number of hydrogen-bond acceptors (Lipinski definition) is 5. The molecule has 0 spiro atoms. The van der Waals surface area contributed by atoms with Gasteiger partial charge in [-0.1, -0.05) is 44.5 Å². The molecule has 182 valence electrons. The van der Waals surface area contributed by atoms with Gasteiger partial charge in [0.1, 0.15) is 11.5 Å². The van der Waals surface area contributed by atoms with Crippen LogP contribution in [0.25, 0.3) is 5.76 Å². The quantitative estimate of drug-likeness (QED) is 0.285. The predicted octanol–water partition coefficient (Wildman–Crippen LogP) is 5.20. The molecule has 0 radical (unpaired) electrons. The first-order valence-corrected chi connectivity index (χ1v) is 12.2. The summed E-state index contributed by atoms with van der Waals surface area (Å²) in [6, 6.07) is 11.7. The highest BCUT2D eigenvalue weighted by Crippen LogP contribution is 2.40. The Labute approximate surface area is 206 Å². The summed E-state index contributed by atoms with van der Waals surface area (Å²) in [7, 11) is 0. The molecule has 1 heterocycles. The van der Waals surface area contributed by atoms with Gasteiger partial charge in [-0.05, 0) is 67.9 Å². The number of benzene rings is 2. The van der Waals surface area contributed by atoms with Gasteiger partial charge in [0.2, 0.25) is 0 Å². The minimum atomic E-state index is -0.691. The van der Waals surface area contributed by atoms with Gasteiger partial charge < -0.3 is 19.6 Å². The molecule has 3 rings (SSSR count). The fraction of sp³-hybridized carbons (Fsp3) is 0.407. The standard InChI is InChI=1S/C27H33ClN2O4/c1-5-16-34-21-12-13-22(18(4)17-21)25(31)23-24(19-8-10-20(28)11-9-19)30(27(33)26(23)32)15-14-29(6-2)7-3/h8-13,17,24,31H,5-7,14-16H2,1-4H3/b25-23-. The van der Waals surface area contributed by atoms with Gasteiger partial charge in [-0.15, -0.1) is 0 Å². The molecule has 34 heavy (non-hydrogen) atoms. The molecule has 2 aromatic rings. The second kappa shape index (κ2) is 11.5. The Bertz CT molecular complexity index is 1060. The summed E-state index contributed by atoms with van der Waals surface area (Å²) in [6.07, 6.45) is 0.888. The molecule has 1 N–H and O–H groups in total. The van der Waals surface area contributed by atoms with Gasteiger partial charge in [0.05, 0.1) is 18.2 Å². The lowest BCUT2D eigenvalue weighted by Crippen LogP contribution is -2.38. The number of aryl methyl sites for hydroxylation is 1. The number of nitrogens with zero attached hydrogens (tertiary/aromatic N) is 2. The van der Waals surface area contributed by atoms with Crippen molar-refractivity contribution >= 4 is 29.1 Å². The van der Waals surface area contributed by atoms with Crippen molar-refractivity contribution < 1.29 is 19.4 Å². The Morgan fingerprint density at radius 2 is 1.76 bits per heavy atom. The van der Waals surface area contributed by atoms with Crippen LogP contribution >= 0.6 is 11.6 Å². The van der Waals surface area contributed by atoms with Gasteiger partial charge in [0.25, 0.3) is 11.7 Å². The van der Waals surface area contributed by atoms with E-state index in [1.807, 2.05) is 19.9 Å². The predicted molar refractivity (Wildman–Crippen MR) is 135 cm³/mol. The smallest absolute Gasteiger partial charge is 0.295 e. The van der Waals surface area contributed by atoms with E-state index in [9.17, 15) is 14.7 Å². The molecule has 7 heteroatoms. The third-order valence-electron chi connectivity index (χ3n) is 6.20. The Kier molecular flexibility index (Phi) is 8.75. The molecule has 1 fully saturated rings. The van der Waals surface area contributed by atoms with E-state index in [0.29, 0.717) is 36.0 Å². The number of aliphatic hydroxyl groups excluding tert-OH is 1. The molecule has 1 amide bonds. The number of carbonyl (C=O) groups is 2. The van der Waals surface area contributed by atoms with Crippen LogP contribution in [0, 0.1) is 6.92 Å². The van der Waals surface area contributed by atoms with Crippen LogP contribution in [-0.4, -0.2) is 59.4 Å². The lowest BCUT2D eigenvalue weighted by Gasteiger charge is -2.28. The van der Waals surface area contributed by atoms with Crippen LogP contribution in [0.1, 0.15) is 49.9 Å². The van der Waals surface area contributed by atoms with Gasteiger partial charge in [-0.2, -0.15) is 0 Å². The SMILES string of the molecule is CCCOc1ccc(/C(O)=C2/C(=O)C(=O)N(CCN(CC)CC)C2c2ccc(Cl)cc2)c(C)c1. The fourth-order valence-electron chi connectivity index (χ4n) is 4.25. The first-order chi connectivity index (χ1) is 16.3. The molecular weight excluding hydrogens is 452 g/mol. The van der Waals surface area contributed by atoms with Crippen LogP contribution in [0.2, 0.25) is 5.02 Å². The molecule has 1 unspecified atom stereocenters. The average Bonchev–Trinajstić information content (AvgIpc) is 3.08. The maximum absolute atomic E-state index is 13.2. The van der Waals surface area contributed by atoms with Crippen molar-refractivity contribution in [1.29, 1.82) is 0 Å². The fourth-order valence-corrected chi connectivity index (χ4v) is 4.37. The van der Waals surface area contributed by atoms with Crippen LogP contribution in [0.5, 0.6) is 5.75 Å². The zero-order chi connectivity index (χ0) is 24.8. The van der Waals surface area contributed by atoms with E-state index < -0.39 is 17.7 Å². The monoisotopic (exact) mass is 484 g/mol. The van der Waals surface area contributed by atoms with Crippen molar-refractivity contribution in [3.8, 4) is 5.75 Å². The summed E-state index contributed by atoms with van der Waals surface area (Å²) in [5.41, 5.74) is 2.09. The minimum Gasteiger partial charge on any atom is -0.507 e. The van der Waals surface area contributed by atoms with Crippen molar-refractivity contribution in [3.05, 3.63) is 69.8 Å². The molecule has 0 aromatic heterocycles. The molecule has 1 atom stereocenters. The maximum Gasteiger partial charge on any atom is 0.295 e. The highest BCUT2D eigenvalue weighted by molar-refractivity contribution is 6.46. The van der Waals surface area contributed by atoms with Crippen molar-refractivity contribution in [1.82, 2.24) is 9.80 Å². The topological polar surface area (TPSA) is 70.1 Å². The number of amides is 1. The van der Waals surface area contributed by atoms with E-state index in [1.165, 1.54) is 0 Å². The molecule has 1 aliphatic heterocycles. The highest BCUT2D eigenvalue weighted by atomic mass is 35.5. The normalized spacial score (nSPS) is 17.6. The number of rotatable bonds is 10. The Balaban J connectivity index is 2.07. The van der Waals surface area contributed by atoms with Gasteiger partial charge >= 0.3 is 0 Å². The van der Waals surface area contributed by atoms with Crippen LogP contribution < -0.4 is 4.74 Å². The van der Waals surface area contributed by atoms with Crippen LogP contribution in [-0.2, 0) is 9.59 Å². The van der Waals surface area contributed by atoms with Crippen molar-refractivity contribution in [3.63, 3.8) is 0 Å². The van der Waals surface area contributed by atoms with Crippen LogP contribution in [0.3, 0.4) is 0 Å². The van der Waals surface area contributed by atoms with Gasteiger partial charge in [0, 0.05) is 23.7 Å². The van der Waals surface area contributed by atoms with E-state index >= 15 is 0 Å². The molecular formula is C27H33ClN2O4. The van der Waals surface area contributed by atoms with Crippen molar-refractivity contribution in [2.75, 3.05) is 32.8 Å². The van der Waals surface area contributed by atoms with Gasteiger partial charge in [-0.25, -0.2) is 0 Å². The summed E-state index contributed by atoms with van der Waals surface area (Å²) in [5.74, 6) is -0.759. The first-order valence-electron chi connectivity index (χ1n) is 11.8. The first kappa shape index (κ1) is 25.8. The number of ketones is 1. The summed E-state index contributed by atoms with van der Waals surface area (Å²) in [6.45, 7) is 11.3. The van der Waals surface area contributed by atoms with E-state index in [0.717, 1.165) is 30.6 Å². The molecule has 0 saturated carbocycles. The molecule has 1 aliphatic rings. The average molecular weight is 485 g/mol. The number of likely N-dealkylation sites (N-methyl/N-ethyl adjacent to an activating group) is 1. The van der Waals surface area contributed by atoms with Crippen LogP contribution in [0.4, 0.5) is 0 Å². The number of likely N-dealkylation sites (tertiary alicyclic amines) is 1. The molecule has 2 aromatic carbocycles. The number of halogens is 1. The number of Topliss-reactive ketones (excluding diaryl/α,β-unsaturated/α-hetero) is 1. The number of ether oxygens (including phenoxy) is 1. The minimum absolute atomic E-state index is 0.0946.